The molecular weight excluding hydrogens is 242 g/mol. The highest BCUT2D eigenvalue weighted by Crippen LogP contribution is 2.23. The normalized spacial score (nSPS) is 23.9. The van der Waals surface area contributed by atoms with E-state index in [9.17, 15) is 4.79 Å². The number of hydrogen-bond donors (Lipinski definition) is 2. The first-order chi connectivity index (χ1) is 9.33. The van der Waals surface area contributed by atoms with E-state index in [4.69, 9.17) is 4.74 Å². The highest BCUT2D eigenvalue weighted by Gasteiger charge is 2.26. The first kappa shape index (κ1) is 12.7. The van der Waals surface area contributed by atoms with Gasteiger partial charge in [-0.15, -0.1) is 0 Å². The van der Waals surface area contributed by atoms with Gasteiger partial charge in [0.1, 0.15) is 0 Å². The summed E-state index contributed by atoms with van der Waals surface area (Å²) in [5, 5.41) is 3.12. The van der Waals surface area contributed by atoms with E-state index in [1.165, 1.54) is 0 Å². The minimum atomic E-state index is 0.104. The first-order valence-corrected chi connectivity index (χ1v) is 7.19. The summed E-state index contributed by atoms with van der Waals surface area (Å²) in [5.41, 5.74) is 2.27. The molecule has 0 aromatic carbocycles. The summed E-state index contributed by atoms with van der Waals surface area (Å²) in [5.74, 6) is 0.892. The van der Waals surface area contributed by atoms with Crippen molar-refractivity contribution in [3.63, 3.8) is 0 Å². The fourth-order valence-corrected chi connectivity index (χ4v) is 2.96. The maximum absolute atomic E-state index is 12.2. The van der Waals surface area contributed by atoms with Crippen LogP contribution in [0.5, 0.6) is 0 Å². The van der Waals surface area contributed by atoms with Crippen molar-refractivity contribution >= 4 is 5.91 Å². The highest BCUT2D eigenvalue weighted by molar-refractivity contribution is 5.79. The van der Waals surface area contributed by atoms with Crippen molar-refractivity contribution in [2.75, 3.05) is 19.8 Å². The topological polar surface area (TPSA) is 67.0 Å². The lowest BCUT2D eigenvalue weighted by molar-refractivity contribution is -0.125. The van der Waals surface area contributed by atoms with E-state index >= 15 is 0 Å². The second kappa shape index (κ2) is 5.74. The number of aryl methyl sites for hydroxylation is 1. The summed E-state index contributed by atoms with van der Waals surface area (Å²) in [6.45, 7) is 2.47. The largest absolute Gasteiger partial charge is 0.381 e. The second-order valence-corrected chi connectivity index (χ2v) is 5.57. The van der Waals surface area contributed by atoms with Gasteiger partial charge in [0, 0.05) is 37.8 Å². The summed E-state index contributed by atoms with van der Waals surface area (Å²) in [6.07, 6.45) is 6.48. The van der Waals surface area contributed by atoms with Crippen molar-refractivity contribution < 1.29 is 9.53 Å². The van der Waals surface area contributed by atoms with Crippen LogP contribution in [0.3, 0.4) is 0 Å². The van der Waals surface area contributed by atoms with Crippen molar-refractivity contribution in [2.45, 2.75) is 32.1 Å². The van der Waals surface area contributed by atoms with Crippen LogP contribution in [0.2, 0.25) is 0 Å². The number of H-pyrrole nitrogens is 1. The van der Waals surface area contributed by atoms with Gasteiger partial charge in [0.2, 0.25) is 5.91 Å². The van der Waals surface area contributed by atoms with Gasteiger partial charge in [-0.25, -0.2) is 4.98 Å². The van der Waals surface area contributed by atoms with Crippen molar-refractivity contribution in [3.05, 3.63) is 17.7 Å². The standard InChI is InChI=1S/C14H21N3O2/c18-14(15-8-10-3-5-19-6-4-10)11-1-2-12-13(7-11)17-9-16-12/h9-11H,1-8H2,(H,15,18)(H,16,17)/t11-/m1/s1. The lowest BCUT2D eigenvalue weighted by Gasteiger charge is -2.25. The third-order valence-corrected chi connectivity index (χ3v) is 4.26. The van der Waals surface area contributed by atoms with E-state index < -0.39 is 0 Å². The molecule has 3 rings (SSSR count). The Balaban J connectivity index is 1.48. The fraction of sp³-hybridized carbons (Fsp3) is 0.714. The Bertz CT molecular complexity index is 438. The van der Waals surface area contributed by atoms with Crippen LogP contribution in [0, 0.1) is 11.8 Å². The zero-order valence-corrected chi connectivity index (χ0v) is 11.2. The van der Waals surface area contributed by atoms with Gasteiger partial charge in [-0.05, 0) is 31.6 Å². The van der Waals surface area contributed by atoms with E-state index in [1.807, 2.05) is 0 Å². The zero-order valence-electron chi connectivity index (χ0n) is 11.2. The molecule has 19 heavy (non-hydrogen) atoms. The van der Waals surface area contributed by atoms with Crippen LogP contribution in [-0.2, 0) is 22.4 Å². The molecule has 2 N–H and O–H groups in total. The highest BCUT2D eigenvalue weighted by atomic mass is 16.5. The van der Waals surface area contributed by atoms with Gasteiger partial charge in [-0.3, -0.25) is 4.79 Å². The molecule has 0 radical (unpaired) electrons. The number of nitrogens with zero attached hydrogens (tertiary/aromatic N) is 1. The number of carbonyl (C=O) groups is 1. The molecule has 2 heterocycles. The Kier molecular flexibility index (Phi) is 3.82. The van der Waals surface area contributed by atoms with Gasteiger partial charge >= 0.3 is 0 Å². The Morgan fingerprint density at radius 2 is 2.26 bits per heavy atom. The lowest BCUT2D eigenvalue weighted by atomic mass is 9.89. The molecule has 1 atom stereocenters. The Labute approximate surface area is 113 Å². The molecule has 0 unspecified atom stereocenters. The number of hydrogen-bond acceptors (Lipinski definition) is 3. The summed E-state index contributed by atoms with van der Waals surface area (Å²) in [6, 6.07) is 0. The number of fused-ring (bicyclic) bond motifs is 1. The maximum Gasteiger partial charge on any atom is 0.223 e. The molecule has 5 heteroatoms. The predicted octanol–water partition coefficient (Wildman–Crippen LogP) is 1.06. The van der Waals surface area contributed by atoms with E-state index in [0.717, 1.165) is 63.3 Å². The molecule has 0 bridgehead atoms. The molecule has 2 aliphatic rings. The predicted molar refractivity (Wildman–Crippen MR) is 70.7 cm³/mol. The number of imidazole rings is 1. The number of carbonyl (C=O) groups excluding carboxylic acids is 1. The van der Waals surface area contributed by atoms with E-state index in [1.54, 1.807) is 6.33 Å². The van der Waals surface area contributed by atoms with Crippen molar-refractivity contribution in [2.24, 2.45) is 11.8 Å². The molecule has 1 aromatic rings. The van der Waals surface area contributed by atoms with Crippen LogP contribution in [0.4, 0.5) is 0 Å². The van der Waals surface area contributed by atoms with Crippen LogP contribution in [0.25, 0.3) is 0 Å². The van der Waals surface area contributed by atoms with Gasteiger partial charge in [0.05, 0.1) is 12.0 Å². The minimum Gasteiger partial charge on any atom is -0.381 e. The SMILES string of the molecule is O=C(NCC1CCOCC1)[C@@H]1CCc2nc[nH]c2C1. The molecule has 1 amide bonds. The molecule has 1 aliphatic carbocycles. The molecule has 5 nitrogen and oxygen atoms in total. The molecule has 0 saturated carbocycles. The smallest absolute Gasteiger partial charge is 0.223 e. The average molecular weight is 263 g/mol. The Morgan fingerprint density at radius 1 is 1.42 bits per heavy atom. The monoisotopic (exact) mass is 263 g/mol. The van der Waals surface area contributed by atoms with E-state index in [2.05, 4.69) is 15.3 Å². The number of nitrogens with one attached hydrogen (secondary N) is 2. The molecule has 104 valence electrons. The summed E-state index contributed by atoms with van der Waals surface area (Å²) in [7, 11) is 0. The molecule has 1 fully saturated rings. The van der Waals surface area contributed by atoms with Crippen LogP contribution < -0.4 is 5.32 Å². The average Bonchev–Trinajstić information content (AvgIpc) is 2.93. The lowest BCUT2D eigenvalue weighted by Crippen LogP contribution is -2.38. The fourth-order valence-electron chi connectivity index (χ4n) is 2.96. The summed E-state index contributed by atoms with van der Waals surface area (Å²) in [4.78, 5) is 19.6. The molecular formula is C14H21N3O2. The van der Waals surface area contributed by atoms with Gasteiger partial charge in [-0.2, -0.15) is 0 Å². The number of rotatable bonds is 3. The molecule has 1 aromatic heterocycles. The molecule has 1 saturated heterocycles. The minimum absolute atomic E-state index is 0.104. The third-order valence-electron chi connectivity index (χ3n) is 4.26. The van der Waals surface area contributed by atoms with Gasteiger partial charge < -0.3 is 15.0 Å². The quantitative estimate of drug-likeness (QED) is 0.857. The number of aromatic amines is 1. The Hall–Kier alpha value is -1.36. The maximum atomic E-state index is 12.2. The molecule has 0 spiro atoms. The van der Waals surface area contributed by atoms with Crippen molar-refractivity contribution in [1.82, 2.24) is 15.3 Å². The third kappa shape index (κ3) is 2.97. The van der Waals surface area contributed by atoms with Crippen LogP contribution in [0.1, 0.15) is 30.7 Å². The Morgan fingerprint density at radius 3 is 3.11 bits per heavy atom. The molecule has 1 aliphatic heterocycles. The number of amides is 1. The number of aromatic nitrogens is 2. The zero-order chi connectivity index (χ0) is 13.1. The summed E-state index contributed by atoms with van der Waals surface area (Å²) < 4.78 is 5.33. The van der Waals surface area contributed by atoms with Crippen molar-refractivity contribution in [1.29, 1.82) is 0 Å². The van der Waals surface area contributed by atoms with E-state index in [-0.39, 0.29) is 11.8 Å². The van der Waals surface area contributed by atoms with Crippen molar-refractivity contribution in [3.8, 4) is 0 Å². The number of ether oxygens (including phenoxy) is 1. The van der Waals surface area contributed by atoms with Gasteiger partial charge in [0.25, 0.3) is 0 Å². The van der Waals surface area contributed by atoms with E-state index in [0.29, 0.717) is 5.92 Å². The van der Waals surface area contributed by atoms with Crippen LogP contribution in [-0.4, -0.2) is 35.6 Å². The van der Waals surface area contributed by atoms with Crippen LogP contribution >= 0.6 is 0 Å². The first-order valence-electron chi connectivity index (χ1n) is 7.19. The van der Waals surface area contributed by atoms with Gasteiger partial charge in [0.15, 0.2) is 0 Å². The van der Waals surface area contributed by atoms with Crippen LogP contribution in [0.15, 0.2) is 6.33 Å². The summed E-state index contributed by atoms with van der Waals surface area (Å²) >= 11 is 0. The van der Waals surface area contributed by atoms with Gasteiger partial charge in [-0.1, -0.05) is 0 Å². The second-order valence-electron chi connectivity index (χ2n) is 5.57.